The average molecular weight is 480 g/mol. The third-order valence-electron chi connectivity index (χ3n) is 5.50. The molecule has 0 spiro atoms. The number of hydrogen-bond acceptors (Lipinski definition) is 9. The highest BCUT2D eigenvalue weighted by Gasteiger charge is 2.48. The molecular weight excluding hydrogens is 458 g/mol. The van der Waals surface area contributed by atoms with E-state index in [1.807, 2.05) is 0 Å². The third-order valence-corrected chi connectivity index (χ3v) is 6.63. The van der Waals surface area contributed by atoms with E-state index in [9.17, 15) is 19.5 Å². The molecule has 0 saturated carbocycles. The highest BCUT2D eigenvalue weighted by Crippen LogP contribution is 2.44. The fourth-order valence-electron chi connectivity index (χ4n) is 3.82. The maximum atomic E-state index is 13.2. The quantitative estimate of drug-likeness (QED) is 0.255. The van der Waals surface area contributed by atoms with Gasteiger partial charge in [0.05, 0.1) is 31.5 Å². The van der Waals surface area contributed by atoms with Crippen LogP contribution in [-0.2, 0) is 14.3 Å². The van der Waals surface area contributed by atoms with Gasteiger partial charge in [-0.15, -0.1) is 0 Å². The van der Waals surface area contributed by atoms with Gasteiger partial charge in [-0.3, -0.25) is 19.5 Å². The SMILES string of the molecule is COC(=O)c1sc(N2C(=O)C(=O)C(=C(O)c3ccc(OC)cc3C)[C@@H]2c2cccnc2)nc1C. The minimum atomic E-state index is -0.994. The molecule has 4 rings (SSSR count). The Balaban J connectivity index is 1.93. The molecule has 1 saturated heterocycles. The number of benzene rings is 1. The minimum Gasteiger partial charge on any atom is -0.507 e. The van der Waals surface area contributed by atoms with E-state index in [-0.39, 0.29) is 21.3 Å². The summed E-state index contributed by atoms with van der Waals surface area (Å²) in [5.41, 5.74) is 1.81. The van der Waals surface area contributed by atoms with Crippen LogP contribution in [0.2, 0.25) is 0 Å². The number of ketones is 1. The van der Waals surface area contributed by atoms with Crippen molar-refractivity contribution in [3.8, 4) is 5.75 Å². The number of aromatic nitrogens is 2. The Labute approximate surface area is 199 Å². The molecule has 1 aromatic carbocycles. The number of aliphatic hydroxyl groups excluding tert-OH is 1. The van der Waals surface area contributed by atoms with E-state index in [0.717, 1.165) is 11.3 Å². The summed E-state index contributed by atoms with van der Waals surface area (Å²) in [6.07, 6.45) is 3.07. The lowest BCUT2D eigenvalue weighted by Crippen LogP contribution is -2.29. The summed E-state index contributed by atoms with van der Waals surface area (Å²) >= 11 is 0.937. The van der Waals surface area contributed by atoms with Crippen molar-refractivity contribution in [2.24, 2.45) is 0 Å². The molecule has 1 atom stereocenters. The second-order valence-electron chi connectivity index (χ2n) is 7.54. The fraction of sp³-hybridized carbons (Fsp3) is 0.208. The normalized spacial score (nSPS) is 17.2. The molecule has 3 heterocycles. The van der Waals surface area contributed by atoms with Gasteiger partial charge in [-0.1, -0.05) is 17.4 Å². The van der Waals surface area contributed by atoms with Crippen molar-refractivity contribution in [3.63, 3.8) is 0 Å². The zero-order valence-corrected chi connectivity index (χ0v) is 19.7. The van der Waals surface area contributed by atoms with Gasteiger partial charge in [-0.2, -0.15) is 0 Å². The fourth-order valence-corrected chi connectivity index (χ4v) is 4.84. The van der Waals surface area contributed by atoms with E-state index in [2.05, 4.69) is 9.97 Å². The van der Waals surface area contributed by atoms with Gasteiger partial charge in [-0.05, 0) is 49.2 Å². The monoisotopic (exact) mass is 479 g/mol. The molecule has 2 aromatic heterocycles. The van der Waals surface area contributed by atoms with E-state index >= 15 is 0 Å². The Morgan fingerprint density at radius 2 is 1.94 bits per heavy atom. The highest BCUT2D eigenvalue weighted by molar-refractivity contribution is 7.17. The molecule has 10 heteroatoms. The van der Waals surface area contributed by atoms with Crippen molar-refractivity contribution in [2.45, 2.75) is 19.9 Å². The topological polar surface area (TPSA) is 119 Å². The number of esters is 1. The van der Waals surface area contributed by atoms with Crippen molar-refractivity contribution in [1.29, 1.82) is 0 Å². The number of hydrogen-bond donors (Lipinski definition) is 1. The molecule has 1 aliphatic heterocycles. The third kappa shape index (κ3) is 3.81. The van der Waals surface area contributed by atoms with E-state index in [0.29, 0.717) is 28.1 Å². The van der Waals surface area contributed by atoms with Gasteiger partial charge in [0.1, 0.15) is 16.4 Å². The molecule has 1 N–H and O–H groups in total. The Hall–Kier alpha value is -4.05. The van der Waals surface area contributed by atoms with Crippen LogP contribution >= 0.6 is 11.3 Å². The maximum absolute atomic E-state index is 13.2. The van der Waals surface area contributed by atoms with E-state index in [1.165, 1.54) is 25.3 Å². The standard InChI is InChI=1S/C24H21N3O6S/c1-12-10-15(32-3)7-8-16(12)19(28)17-18(14-6-5-9-25-11-14)27(22(30)20(17)29)24-26-13(2)21(34-24)23(31)33-4/h5-11,18,28H,1-4H3/t18-/m0/s1. The smallest absolute Gasteiger partial charge is 0.350 e. The molecule has 1 amide bonds. The second-order valence-corrected chi connectivity index (χ2v) is 8.52. The number of methoxy groups -OCH3 is 2. The van der Waals surface area contributed by atoms with Crippen LogP contribution in [0, 0.1) is 13.8 Å². The van der Waals surface area contributed by atoms with E-state index < -0.39 is 23.7 Å². The van der Waals surface area contributed by atoms with Gasteiger partial charge in [0.15, 0.2) is 5.13 Å². The van der Waals surface area contributed by atoms with Crippen LogP contribution in [0.25, 0.3) is 5.76 Å². The molecule has 0 bridgehead atoms. The lowest BCUT2D eigenvalue weighted by Gasteiger charge is -2.22. The number of nitrogens with zero attached hydrogens (tertiary/aromatic N) is 3. The predicted octanol–water partition coefficient (Wildman–Crippen LogP) is 3.58. The first-order valence-corrected chi connectivity index (χ1v) is 11.0. The summed E-state index contributed by atoms with van der Waals surface area (Å²) in [4.78, 5) is 48.5. The summed E-state index contributed by atoms with van der Waals surface area (Å²) in [5.74, 6) is -2.06. The first-order chi connectivity index (χ1) is 16.3. The number of aliphatic hydroxyl groups is 1. The van der Waals surface area contributed by atoms with Gasteiger partial charge in [0, 0.05) is 18.0 Å². The molecule has 1 fully saturated rings. The first-order valence-electron chi connectivity index (χ1n) is 10.2. The number of ether oxygens (including phenoxy) is 2. The molecular formula is C24H21N3O6S. The highest BCUT2D eigenvalue weighted by atomic mass is 32.1. The van der Waals surface area contributed by atoms with Crippen molar-refractivity contribution in [1.82, 2.24) is 9.97 Å². The van der Waals surface area contributed by atoms with Gasteiger partial charge >= 0.3 is 11.9 Å². The van der Waals surface area contributed by atoms with Crippen LogP contribution in [-0.4, -0.2) is 47.0 Å². The lowest BCUT2D eigenvalue weighted by molar-refractivity contribution is -0.132. The van der Waals surface area contributed by atoms with E-state index in [4.69, 9.17) is 9.47 Å². The van der Waals surface area contributed by atoms with Crippen LogP contribution in [0.15, 0.2) is 48.3 Å². The van der Waals surface area contributed by atoms with Crippen molar-refractivity contribution < 1.29 is 29.0 Å². The molecule has 174 valence electrons. The largest absolute Gasteiger partial charge is 0.507 e. The lowest BCUT2D eigenvalue weighted by atomic mass is 9.95. The van der Waals surface area contributed by atoms with Gasteiger partial charge in [0.2, 0.25) is 0 Å². The predicted molar refractivity (Wildman–Crippen MR) is 125 cm³/mol. The zero-order valence-electron chi connectivity index (χ0n) is 18.9. The van der Waals surface area contributed by atoms with Crippen molar-refractivity contribution in [3.05, 3.63) is 75.6 Å². The summed E-state index contributed by atoms with van der Waals surface area (Å²) in [7, 11) is 2.78. The van der Waals surface area contributed by atoms with Crippen LogP contribution < -0.4 is 9.64 Å². The van der Waals surface area contributed by atoms with Crippen molar-refractivity contribution in [2.75, 3.05) is 19.1 Å². The molecule has 0 aliphatic carbocycles. The number of pyridine rings is 1. The number of thiazole rings is 1. The second kappa shape index (κ2) is 9.06. The number of carbonyl (C=O) groups is 3. The maximum Gasteiger partial charge on any atom is 0.350 e. The molecule has 0 radical (unpaired) electrons. The van der Waals surface area contributed by atoms with Crippen LogP contribution in [0.1, 0.15) is 38.1 Å². The van der Waals surface area contributed by atoms with Gasteiger partial charge in [-0.25, -0.2) is 9.78 Å². The van der Waals surface area contributed by atoms with Gasteiger partial charge in [0.25, 0.3) is 5.78 Å². The summed E-state index contributed by atoms with van der Waals surface area (Å²) in [5, 5.41) is 11.4. The molecule has 3 aromatic rings. The zero-order chi connectivity index (χ0) is 24.6. The molecule has 0 unspecified atom stereocenters. The molecule has 34 heavy (non-hydrogen) atoms. The number of anilines is 1. The average Bonchev–Trinajstić information content (AvgIpc) is 3.35. The van der Waals surface area contributed by atoms with Gasteiger partial charge < -0.3 is 14.6 Å². The number of amides is 1. The van der Waals surface area contributed by atoms with Crippen LogP contribution in [0.4, 0.5) is 5.13 Å². The Bertz CT molecular complexity index is 1330. The van der Waals surface area contributed by atoms with Crippen LogP contribution in [0.3, 0.4) is 0 Å². The molecule has 1 aliphatic rings. The molecule has 9 nitrogen and oxygen atoms in total. The summed E-state index contributed by atoms with van der Waals surface area (Å²) in [6, 6.07) is 7.38. The summed E-state index contributed by atoms with van der Waals surface area (Å²) < 4.78 is 10.0. The van der Waals surface area contributed by atoms with Crippen molar-refractivity contribution >= 4 is 39.9 Å². The Kier molecular flexibility index (Phi) is 6.16. The Morgan fingerprint density at radius 1 is 1.18 bits per heavy atom. The van der Waals surface area contributed by atoms with E-state index in [1.54, 1.807) is 50.4 Å². The number of Topliss-reactive ketones (excluding diaryl/α,β-unsaturated/α-hetero) is 1. The number of carbonyl (C=O) groups excluding carboxylic acids is 3. The number of rotatable bonds is 5. The number of aryl methyl sites for hydroxylation is 2. The first kappa shape index (κ1) is 23.1. The minimum absolute atomic E-state index is 0.0984. The Morgan fingerprint density at radius 3 is 2.56 bits per heavy atom. The van der Waals surface area contributed by atoms with Crippen LogP contribution in [0.5, 0.6) is 5.75 Å². The summed E-state index contributed by atoms with van der Waals surface area (Å²) in [6.45, 7) is 3.38.